The first-order valence-electron chi connectivity index (χ1n) is 5.90. The third-order valence-corrected chi connectivity index (χ3v) is 2.71. The monoisotopic (exact) mass is 327 g/mol. The van der Waals surface area contributed by atoms with Gasteiger partial charge in [-0.25, -0.2) is 9.79 Å². The molecule has 0 saturated heterocycles. The highest BCUT2D eigenvalue weighted by Crippen LogP contribution is 2.25. The van der Waals surface area contributed by atoms with Crippen LogP contribution in [0.4, 0.5) is 13.2 Å². The van der Waals surface area contributed by atoms with Gasteiger partial charge in [-0.15, -0.1) is 0 Å². The largest absolute Gasteiger partial charge is 0.490 e. The quantitative estimate of drug-likeness (QED) is 0.401. The van der Waals surface area contributed by atoms with Crippen LogP contribution in [0, 0.1) is 10.1 Å². The molecule has 1 rings (SSSR count). The Morgan fingerprint density at radius 1 is 1.55 bits per heavy atom. The second kappa shape index (κ2) is 7.70. The Hall–Kier alpha value is -2.21. The van der Waals surface area contributed by atoms with Gasteiger partial charge in [0.2, 0.25) is 0 Å². The van der Waals surface area contributed by atoms with Crippen molar-refractivity contribution in [3.05, 3.63) is 22.3 Å². The number of aliphatic carboxylic acids is 1. The number of carboxylic acids is 1. The molecule has 0 amide bonds. The van der Waals surface area contributed by atoms with E-state index in [2.05, 4.69) is 4.99 Å². The molecular weight excluding hydrogens is 311 g/mol. The van der Waals surface area contributed by atoms with E-state index in [9.17, 15) is 23.3 Å². The molecule has 0 aromatic carbocycles. The molecule has 7 N–H and O–H groups in total. The number of dihydropyridines is 1. The number of amidine groups is 1. The van der Waals surface area contributed by atoms with Crippen LogP contribution in [-0.4, -0.2) is 46.3 Å². The lowest BCUT2D eigenvalue weighted by molar-refractivity contribution is -0.560. The van der Waals surface area contributed by atoms with Crippen LogP contribution in [0.3, 0.4) is 0 Å². The third kappa shape index (κ3) is 5.29. The second-order valence-corrected chi connectivity index (χ2v) is 4.28. The lowest BCUT2D eigenvalue weighted by Gasteiger charge is -2.27. The SMILES string of the molecule is NCCCC1([N+](=O)[O-])C=CC(N)=NC1N.O=C(O)C(F)(F)F. The number of aliphatic imine (C=N–C) groups is 1. The van der Waals surface area contributed by atoms with E-state index < -0.39 is 28.8 Å². The molecule has 0 radical (unpaired) electrons. The number of alkyl halides is 3. The number of hydrogen-bond donors (Lipinski definition) is 4. The molecule has 1 aliphatic rings. The standard InChI is InChI=1S/C8H15N5O2.C2HF3O2/c9-5-1-3-8(13(14)15)4-2-6(10)12-7(8)11;3-2(4,5)1(6)7/h2,4,7H,1,3,5,9,11H2,(H2,10,12);(H,6,7). The fourth-order valence-electron chi connectivity index (χ4n) is 1.52. The van der Waals surface area contributed by atoms with E-state index in [0.29, 0.717) is 13.0 Å². The maximum atomic E-state index is 11.0. The summed E-state index contributed by atoms with van der Waals surface area (Å²) in [7, 11) is 0. The molecule has 0 spiro atoms. The molecule has 0 fully saturated rings. The fraction of sp³-hybridized carbons (Fsp3) is 0.600. The van der Waals surface area contributed by atoms with Gasteiger partial charge in [0, 0.05) is 11.3 Å². The summed E-state index contributed by atoms with van der Waals surface area (Å²) < 4.78 is 31.7. The highest BCUT2D eigenvalue weighted by Gasteiger charge is 2.47. The molecule has 2 unspecified atom stereocenters. The highest BCUT2D eigenvalue weighted by atomic mass is 19.4. The van der Waals surface area contributed by atoms with Gasteiger partial charge in [0.25, 0.3) is 5.54 Å². The lowest BCUT2D eigenvalue weighted by Crippen LogP contribution is -2.54. The number of nitrogens with two attached hydrogens (primary N) is 3. The maximum Gasteiger partial charge on any atom is 0.490 e. The average Bonchev–Trinajstić information content (AvgIpc) is 2.37. The van der Waals surface area contributed by atoms with Gasteiger partial charge in [0.1, 0.15) is 5.84 Å². The number of nitrogens with zero attached hydrogens (tertiary/aromatic N) is 2. The Morgan fingerprint density at radius 2 is 2.05 bits per heavy atom. The summed E-state index contributed by atoms with van der Waals surface area (Å²) >= 11 is 0. The van der Waals surface area contributed by atoms with Crippen LogP contribution >= 0.6 is 0 Å². The normalized spacial score (nSPS) is 24.0. The Kier molecular flexibility index (Phi) is 6.93. The summed E-state index contributed by atoms with van der Waals surface area (Å²) in [6.07, 6.45) is -2.40. The summed E-state index contributed by atoms with van der Waals surface area (Å²) in [5, 5.41) is 18.1. The van der Waals surface area contributed by atoms with Crippen LogP contribution in [0.1, 0.15) is 12.8 Å². The van der Waals surface area contributed by atoms with Gasteiger partial charge in [-0.05, 0) is 25.1 Å². The molecule has 0 bridgehead atoms. The molecule has 12 heteroatoms. The van der Waals surface area contributed by atoms with E-state index in [1.165, 1.54) is 12.2 Å². The number of nitro groups is 1. The van der Waals surface area contributed by atoms with Crippen LogP contribution in [-0.2, 0) is 4.79 Å². The zero-order chi connectivity index (χ0) is 17.6. The van der Waals surface area contributed by atoms with Crippen molar-refractivity contribution in [2.75, 3.05) is 6.54 Å². The van der Waals surface area contributed by atoms with E-state index in [-0.39, 0.29) is 12.3 Å². The minimum Gasteiger partial charge on any atom is -0.475 e. The first-order chi connectivity index (χ1) is 9.97. The molecule has 9 nitrogen and oxygen atoms in total. The van der Waals surface area contributed by atoms with E-state index in [1.54, 1.807) is 0 Å². The van der Waals surface area contributed by atoms with Crippen molar-refractivity contribution in [3.63, 3.8) is 0 Å². The number of carbonyl (C=O) groups is 1. The van der Waals surface area contributed by atoms with Crippen molar-refractivity contribution in [2.24, 2.45) is 22.2 Å². The van der Waals surface area contributed by atoms with Gasteiger partial charge in [-0.3, -0.25) is 10.1 Å². The van der Waals surface area contributed by atoms with E-state index in [0.717, 1.165) is 0 Å². The summed E-state index contributed by atoms with van der Waals surface area (Å²) in [5.74, 6) is -2.54. The Morgan fingerprint density at radius 3 is 2.36 bits per heavy atom. The summed E-state index contributed by atoms with van der Waals surface area (Å²) in [6, 6.07) is 0. The van der Waals surface area contributed by atoms with Gasteiger partial charge < -0.3 is 22.3 Å². The predicted octanol–water partition coefficient (Wildman–Crippen LogP) is -0.414. The topological polar surface area (TPSA) is 171 Å². The minimum atomic E-state index is -5.08. The van der Waals surface area contributed by atoms with Gasteiger partial charge in [-0.1, -0.05) is 0 Å². The predicted molar refractivity (Wildman–Crippen MR) is 70.4 cm³/mol. The van der Waals surface area contributed by atoms with Crippen molar-refractivity contribution < 1.29 is 28.0 Å². The molecule has 22 heavy (non-hydrogen) atoms. The number of carboxylic acid groups (broad SMARTS) is 1. The summed E-state index contributed by atoms with van der Waals surface area (Å²) in [4.78, 5) is 23.3. The number of hydrogen-bond acceptors (Lipinski definition) is 7. The molecule has 0 aliphatic carbocycles. The van der Waals surface area contributed by atoms with E-state index >= 15 is 0 Å². The van der Waals surface area contributed by atoms with E-state index in [4.69, 9.17) is 27.1 Å². The van der Waals surface area contributed by atoms with Crippen molar-refractivity contribution in [1.82, 2.24) is 0 Å². The molecule has 2 atom stereocenters. The Bertz CT molecular complexity index is 480. The Labute approximate surface area is 122 Å². The number of rotatable bonds is 4. The summed E-state index contributed by atoms with van der Waals surface area (Å²) in [6.45, 7) is 0.384. The smallest absolute Gasteiger partial charge is 0.475 e. The first-order valence-corrected chi connectivity index (χ1v) is 5.90. The van der Waals surface area contributed by atoms with Crippen LogP contribution in [0.25, 0.3) is 0 Å². The first kappa shape index (κ1) is 19.8. The van der Waals surface area contributed by atoms with Crippen LogP contribution in [0.2, 0.25) is 0 Å². The molecule has 126 valence electrons. The van der Waals surface area contributed by atoms with Gasteiger partial charge in [0.15, 0.2) is 6.17 Å². The average molecular weight is 327 g/mol. The van der Waals surface area contributed by atoms with Crippen molar-refractivity contribution in [1.29, 1.82) is 0 Å². The third-order valence-electron chi connectivity index (χ3n) is 2.71. The van der Waals surface area contributed by atoms with Crippen LogP contribution in [0.5, 0.6) is 0 Å². The van der Waals surface area contributed by atoms with Gasteiger partial charge >= 0.3 is 12.1 Å². The highest BCUT2D eigenvalue weighted by molar-refractivity contribution is 5.92. The molecule has 1 aliphatic heterocycles. The van der Waals surface area contributed by atoms with Crippen LogP contribution in [0.15, 0.2) is 17.1 Å². The molecule has 1 heterocycles. The van der Waals surface area contributed by atoms with Crippen molar-refractivity contribution in [2.45, 2.75) is 30.7 Å². The lowest BCUT2D eigenvalue weighted by atomic mass is 9.89. The van der Waals surface area contributed by atoms with Crippen molar-refractivity contribution >= 4 is 11.8 Å². The minimum absolute atomic E-state index is 0.215. The number of halogens is 3. The molecule has 0 aromatic rings. The maximum absolute atomic E-state index is 11.0. The molecular formula is C10H16F3N5O4. The Balaban J connectivity index is 0.000000534. The van der Waals surface area contributed by atoms with Gasteiger partial charge in [0.05, 0.1) is 0 Å². The van der Waals surface area contributed by atoms with Gasteiger partial charge in [-0.2, -0.15) is 13.2 Å². The molecule has 0 aromatic heterocycles. The van der Waals surface area contributed by atoms with Crippen molar-refractivity contribution in [3.8, 4) is 0 Å². The zero-order valence-electron chi connectivity index (χ0n) is 11.3. The van der Waals surface area contributed by atoms with Crippen LogP contribution < -0.4 is 17.2 Å². The summed E-state index contributed by atoms with van der Waals surface area (Å²) in [5.41, 5.74) is 15.0. The zero-order valence-corrected chi connectivity index (χ0v) is 11.3. The fourth-order valence-corrected chi connectivity index (χ4v) is 1.52. The molecule has 0 saturated carbocycles. The van der Waals surface area contributed by atoms with E-state index in [1.807, 2.05) is 0 Å². The second-order valence-electron chi connectivity index (χ2n) is 4.28.